The monoisotopic (exact) mass is 347 g/mol. The highest BCUT2D eigenvalue weighted by atomic mass is 79.9. The molecule has 0 aliphatic carbocycles. The number of aromatic nitrogens is 1. The number of ether oxygens (including phenoxy) is 1. The Morgan fingerprint density at radius 2 is 2.19 bits per heavy atom. The summed E-state index contributed by atoms with van der Waals surface area (Å²) in [5.74, 6) is 0.721. The van der Waals surface area contributed by atoms with Gasteiger partial charge in [0.1, 0.15) is 11.5 Å². The summed E-state index contributed by atoms with van der Waals surface area (Å²) in [5.41, 5.74) is -0.171. The lowest BCUT2D eigenvalue weighted by atomic mass is 10.1. The van der Waals surface area contributed by atoms with Crippen LogP contribution in [0, 0.1) is 0 Å². The molecule has 108 valence electrons. The maximum Gasteiger partial charge on any atom is 0.262 e. The Labute approximate surface area is 130 Å². The van der Waals surface area contributed by atoms with Gasteiger partial charge < -0.3 is 9.84 Å². The number of allylic oxidation sites excluding steroid dienone is 3. The summed E-state index contributed by atoms with van der Waals surface area (Å²) in [6.07, 6.45) is 8.25. The van der Waals surface area contributed by atoms with E-state index < -0.39 is 0 Å². The van der Waals surface area contributed by atoms with Crippen LogP contribution in [0.25, 0.3) is 17.0 Å². The van der Waals surface area contributed by atoms with Crippen molar-refractivity contribution >= 4 is 32.9 Å². The molecular formula is C16H14BrNO3. The van der Waals surface area contributed by atoms with Crippen molar-refractivity contribution in [3.05, 3.63) is 69.8 Å². The zero-order valence-corrected chi connectivity index (χ0v) is 13.0. The van der Waals surface area contributed by atoms with Crippen LogP contribution in [0.2, 0.25) is 0 Å². The standard InChI is InChI=1S/C16H14BrNO3/c1-3-12(21-2)5-4-8-18-10-15(17)14-9-11(19)6-7-13(14)16(18)20/h3-10,19H,1H2,2H3/b8-4+,12-5+. The van der Waals surface area contributed by atoms with Crippen molar-refractivity contribution in [2.75, 3.05) is 7.11 Å². The highest BCUT2D eigenvalue weighted by molar-refractivity contribution is 9.10. The van der Waals surface area contributed by atoms with Crippen molar-refractivity contribution < 1.29 is 9.84 Å². The predicted octanol–water partition coefficient (Wildman–Crippen LogP) is 3.66. The van der Waals surface area contributed by atoms with Gasteiger partial charge in [0.25, 0.3) is 5.56 Å². The van der Waals surface area contributed by atoms with Crippen LogP contribution in [0.1, 0.15) is 0 Å². The number of hydrogen-bond donors (Lipinski definition) is 1. The summed E-state index contributed by atoms with van der Waals surface area (Å²) < 4.78 is 7.22. The number of methoxy groups -OCH3 is 1. The quantitative estimate of drug-likeness (QED) is 0.678. The minimum absolute atomic E-state index is 0.120. The SMILES string of the molecule is C=C/C(=C\C=C\n1cc(Br)c2cc(O)ccc2c1=O)OC. The summed E-state index contributed by atoms with van der Waals surface area (Å²) in [6.45, 7) is 3.61. The van der Waals surface area contributed by atoms with Crippen LogP contribution in [-0.4, -0.2) is 16.8 Å². The minimum Gasteiger partial charge on any atom is -0.508 e. The molecule has 0 spiro atoms. The molecule has 0 saturated carbocycles. The van der Waals surface area contributed by atoms with E-state index in [2.05, 4.69) is 22.5 Å². The second-order valence-electron chi connectivity index (χ2n) is 4.24. The van der Waals surface area contributed by atoms with Gasteiger partial charge in [0, 0.05) is 27.6 Å². The molecule has 1 aromatic carbocycles. The van der Waals surface area contributed by atoms with E-state index in [1.807, 2.05) is 0 Å². The highest BCUT2D eigenvalue weighted by Gasteiger charge is 2.06. The first-order chi connectivity index (χ1) is 10.1. The Morgan fingerprint density at radius 1 is 1.43 bits per heavy atom. The van der Waals surface area contributed by atoms with E-state index in [1.165, 1.54) is 10.6 Å². The fourth-order valence-corrected chi connectivity index (χ4v) is 2.42. The van der Waals surface area contributed by atoms with Gasteiger partial charge in [0.15, 0.2) is 0 Å². The van der Waals surface area contributed by atoms with Crippen LogP contribution >= 0.6 is 15.9 Å². The number of aromatic hydroxyl groups is 1. The van der Waals surface area contributed by atoms with Crippen LogP contribution in [0.3, 0.4) is 0 Å². The second kappa shape index (κ2) is 6.45. The van der Waals surface area contributed by atoms with Crippen LogP contribution in [0.5, 0.6) is 5.75 Å². The van der Waals surface area contributed by atoms with Gasteiger partial charge in [0.05, 0.1) is 7.11 Å². The Hall–Kier alpha value is -2.27. The summed E-state index contributed by atoms with van der Waals surface area (Å²) in [4.78, 5) is 12.3. The average Bonchev–Trinajstić information content (AvgIpc) is 2.48. The van der Waals surface area contributed by atoms with Crippen LogP contribution in [0.15, 0.2) is 64.2 Å². The molecule has 21 heavy (non-hydrogen) atoms. The van der Waals surface area contributed by atoms with Crippen LogP contribution in [-0.2, 0) is 4.74 Å². The number of halogens is 1. The molecule has 1 heterocycles. The predicted molar refractivity (Wildman–Crippen MR) is 88.2 cm³/mol. The number of hydrogen-bond acceptors (Lipinski definition) is 3. The molecule has 5 heteroatoms. The molecule has 0 unspecified atom stereocenters. The molecule has 0 atom stereocenters. The number of phenols is 1. The number of nitrogens with zero attached hydrogens (tertiary/aromatic N) is 1. The van der Waals surface area contributed by atoms with E-state index in [0.717, 1.165) is 4.47 Å². The topological polar surface area (TPSA) is 51.5 Å². The normalized spacial score (nSPS) is 12.0. The van der Waals surface area contributed by atoms with Crippen LogP contribution in [0.4, 0.5) is 0 Å². The summed E-state index contributed by atoms with van der Waals surface area (Å²) >= 11 is 3.40. The highest BCUT2D eigenvalue weighted by Crippen LogP contribution is 2.24. The maximum atomic E-state index is 12.3. The van der Waals surface area contributed by atoms with Gasteiger partial charge in [-0.15, -0.1) is 0 Å². The van der Waals surface area contributed by atoms with Crippen molar-refractivity contribution in [1.82, 2.24) is 4.57 Å². The third-order valence-electron chi connectivity index (χ3n) is 2.92. The molecule has 2 rings (SSSR count). The van der Waals surface area contributed by atoms with Crippen molar-refractivity contribution in [2.24, 2.45) is 0 Å². The first-order valence-corrected chi connectivity index (χ1v) is 6.94. The molecular weight excluding hydrogens is 334 g/mol. The number of fused-ring (bicyclic) bond motifs is 1. The van der Waals surface area contributed by atoms with Gasteiger partial charge in [-0.3, -0.25) is 9.36 Å². The van der Waals surface area contributed by atoms with Crippen molar-refractivity contribution in [3.63, 3.8) is 0 Å². The third-order valence-corrected chi connectivity index (χ3v) is 3.55. The zero-order chi connectivity index (χ0) is 15.4. The largest absolute Gasteiger partial charge is 0.508 e. The summed E-state index contributed by atoms with van der Waals surface area (Å²) in [6, 6.07) is 4.64. The van der Waals surface area contributed by atoms with E-state index in [1.54, 1.807) is 49.9 Å². The number of rotatable bonds is 4. The Morgan fingerprint density at radius 3 is 2.86 bits per heavy atom. The van der Waals surface area contributed by atoms with Gasteiger partial charge in [-0.2, -0.15) is 0 Å². The molecule has 1 N–H and O–H groups in total. The zero-order valence-electron chi connectivity index (χ0n) is 11.4. The van der Waals surface area contributed by atoms with E-state index >= 15 is 0 Å². The van der Waals surface area contributed by atoms with E-state index in [4.69, 9.17) is 4.74 Å². The number of pyridine rings is 1. The van der Waals surface area contributed by atoms with Crippen molar-refractivity contribution in [3.8, 4) is 5.75 Å². The number of phenolic OH excluding ortho intramolecular Hbond substituents is 1. The molecule has 0 radical (unpaired) electrons. The molecule has 0 fully saturated rings. The van der Waals surface area contributed by atoms with Gasteiger partial charge in [0.2, 0.25) is 0 Å². The minimum atomic E-state index is -0.171. The van der Waals surface area contributed by atoms with Crippen molar-refractivity contribution in [2.45, 2.75) is 0 Å². The van der Waals surface area contributed by atoms with E-state index in [9.17, 15) is 9.90 Å². The van der Waals surface area contributed by atoms with E-state index in [-0.39, 0.29) is 11.3 Å². The molecule has 0 bridgehead atoms. The molecule has 4 nitrogen and oxygen atoms in total. The lowest BCUT2D eigenvalue weighted by Crippen LogP contribution is -2.15. The molecule has 2 aromatic rings. The second-order valence-corrected chi connectivity index (χ2v) is 5.09. The Kier molecular flexibility index (Phi) is 4.65. The lowest BCUT2D eigenvalue weighted by molar-refractivity contribution is 0.307. The number of benzene rings is 1. The molecule has 0 amide bonds. The average molecular weight is 348 g/mol. The van der Waals surface area contributed by atoms with Crippen molar-refractivity contribution in [1.29, 1.82) is 0 Å². The van der Waals surface area contributed by atoms with Crippen LogP contribution < -0.4 is 5.56 Å². The van der Waals surface area contributed by atoms with Gasteiger partial charge in [-0.1, -0.05) is 6.58 Å². The molecule has 0 saturated heterocycles. The third kappa shape index (κ3) is 3.25. The fourth-order valence-electron chi connectivity index (χ4n) is 1.87. The lowest BCUT2D eigenvalue weighted by Gasteiger charge is -2.05. The Balaban J connectivity index is 2.52. The molecule has 0 aliphatic heterocycles. The van der Waals surface area contributed by atoms with Gasteiger partial charge in [-0.25, -0.2) is 0 Å². The Bertz CT molecular complexity index is 803. The molecule has 1 aromatic heterocycles. The maximum absolute atomic E-state index is 12.3. The van der Waals surface area contributed by atoms with Gasteiger partial charge in [-0.05, 0) is 52.4 Å². The first kappa shape index (κ1) is 15.1. The van der Waals surface area contributed by atoms with E-state index in [0.29, 0.717) is 16.5 Å². The smallest absolute Gasteiger partial charge is 0.262 e. The van der Waals surface area contributed by atoms with Gasteiger partial charge >= 0.3 is 0 Å². The summed E-state index contributed by atoms with van der Waals surface area (Å²) in [7, 11) is 1.55. The molecule has 0 aliphatic rings. The summed E-state index contributed by atoms with van der Waals surface area (Å²) in [5, 5.41) is 10.7. The fraction of sp³-hybridized carbons (Fsp3) is 0.0625. The first-order valence-electron chi connectivity index (χ1n) is 6.15.